The van der Waals surface area contributed by atoms with E-state index in [0.717, 1.165) is 30.3 Å². The molecule has 0 spiro atoms. The van der Waals surface area contributed by atoms with E-state index < -0.39 is 0 Å². The van der Waals surface area contributed by atoms with E-state index >= 15 is 0 Å². The Morgan fingerprint density at radius 1 is 1.38 bits per heavy atom. The Morgan fingerprint density at radius 2 is 2.29 bits per heavy atom. The molecule has 1 unspecified atom stereocenters. The van der Waals surface area contributed by atoms with Crippen molar-refractivity contribution in [1.29, 1.82) is 0 Å². The zero-order valence-corrected chi connectivity index (χ0v) is 12.9. The van der Waals surface area contributed by atoms with Gasteiger partial charge in [0.15, 0.2) is 0 Å². The number of anilines is 1. The van der Waals surface area contributed by atoms with Crippen LogP contribution in [0.1, 0.15) is 23.4 Å². The van der Waals surface area contributed by atoms with Gasteiger partial charge in [0, 0.05) is 30.2 Å². The molecule has 1 aromatic heterocycles. The highest BCUT2D eigenvalue weighted by Gasteiger charge is 2.21. The molecule has 1 atom stereocenters. The minimum atomic E-state index is -0.0226. The Bertz CT molecular complexity index is 582. The van der Waals surface area contributed by atoms with Gasteiger partial charge < -0.3 is 14.6 Å². The summed E-state index contributed by atoms with van der Waals surface area (Å²) in [5.74, 6) is 3.28. The molecule has 1 saturated heterocycles. The molecule has 0 saturated carbocycles. The Morgan fingerprint density at radius 3 is 3.10 bits per heavy atom. The van der Waals surface area contributed by atoms with E-state index in [2.05, 4.69) is 34.5 Å². The predicted molar refractivity (Wildman–Crippen MR) is 83.7 cm³/mol. The van der Waals surface area contributed by atoms with Gasteiger partial charge in [-0.3, -0.25) is 0 Å². The summed E-state index contributed by atoms with van der Waals surface area (Å²) in [6, 6.07) is 8.22. The summed E-state index contributed by atoms with van der Waals surface area (Å²) < 4.78 is 10.9. The van der Waals surface area contributed by atoms with Crippen LogP contribution < -0.4 is 5.32 Å². The van der Waals surface area contributed by atoms with E-state index in [-0.39, 0.29) is 6.10 Å². The van der Waals surface area contributed by atoms with Crippen LogP contribution in [0.25, 0.3) is 0 Å². The van der Waals surface area contributed by atoms with Crippen LogP contribution in [-0.4, -0.2) is 34.8 Å². The van der Waals surface area contributed by atoms with E-state index in [4.69, 9.17) is 9.26 Å². The van der Waals surface area contributed by atoms with Crippen molar-refractivity contribution in [2.75, 3.05) is 30.0 Å². The molecule has 1 aliphatic heterocycles. The van der Waals surface area contributed by atoms with Crippen LogP contribution in [0.15, 0.2) is 28.8 Å². The Hall–Kier alpha value is -1.53. The minimum Gasteiger partial charge on any atom is -0.384 e. The van der Waals surface area contributed by atoms with Crippen molar-refractivity contribution >= 4 is 17.4 Å². The van der Waals surface area contributed by atoms with Gasteiger partial charge >= 0.3 is 0 Å². The average molecular weight is 305 g/mol. The first-order chi connectivity index (χ1) is 10.3. The molecule has 0 radical (unpaired) electrons. The number of rotatable bonds is 5. The largest absolute Gasteiger partial charge is 0.384 e. The molecule has 1 N–H and O–H groups in total. The fourth-order valence-corrected chi connectivity index (χ4v) is 3.05. The summed E-state index contributed by atoms with van der Waals surface area (Å²) in [5, 5.41) is 7.42. The van der Waals surface area contributed by atoms with E-state index in [1.54, 1.807) is 0 Å². The van der Waals surface area contributed by atoms with Gasteiger partial charge in [-0.05, 0) is 18.6 Å². The van der Waals surface area contributed by atoms with Crippen LogP contribution in [0.5, 0.6) is 0 Å². The van der Waals surface area contributed by atoms with Crippen LogP contribution in [0.2, 0.25) is 0 Å². The van der Waals surface area contributed by atoms with Crippen LogP contribution >= 0.6 is 11.8 Å². The smallest absolute Gasteiger partial charge is 0.228 e. The zero-order valence-electron chi connectivity index (χ0n) is 12.0. The lowest BCUT2D eigenvalue weighted by atomic mass is 10.2. The molecule has 0 aliphatic carbocycles. The second-order valence-electron chi connectivity index (χ2n) is 4.97. The molecule has 5 nitrogen and oxygen atoms in total. The maximum atomic E-state index is 5.65. The fourth-order valence-electron chi connectivity index (χ4n) is 2.21. The van der Waals surface area contributed by atoms with Crippen molar-refractivity contribution in [3.05, 3.63) is 41.5 Å². The molecule has 3 rings (SSSR count). The third kappa shape index (κ3) is 3.77. The first kappa shape index (κ1) is 14.4. The normalized spacial score (nSPS) is 18.6. The van der Waals surface area contributed by atoms with Gasteiger partial charge in [0.2, 0.25) is 11.7 Å². The van der Waals surface area contributed by atoms with Crippen molar-refractivity contribution in [2.24, 2.45) is 0 Å². The van der Waals surface area contributed by atoms with Gasteiger partial charge in [0.25, 0.3) is 0 Å². The van der Waals surface area contributed by atoms with Gasteiger partial charge in [-0.1, -0.05) is 23.4 Å². The molecule has 0 amide bonds. The number of hydrogen-bond acceptors (Lipinski definition) is 6. The van der Waals surface area contributed by atoms with Crippen molar-refractivity contribution in [3.63, 3.8) is 0 Å². The summed E-state index contributed by atoms with van der Waals surface area (Å²) in [6.07, 6.45) is 0.687. The lowest BCUT2D eigenvalue weighted by Crippen LogP contribution is -2.16. The van der Waals surface area contributed by atoms with Crippen molar-refractivity contribution in [2.45, 2.75) is 19.4 Å². The van der Waals surface area contributed by atoms with Crippen molar-refractivity contribution < 1.29 is 9.26 Å². The highest BCUT2D eigenvalue weighted by atomic mass is 32.2. The number of hydrogen-bond donors (Lipinski definition) is 1. The highest BCUT2D eigenvalue weighted by Crippen LogP contribution is 2.24. The van der Waals surface area contributed by atoms with E-state index in [1.165, 1.54) is 5.56 Å². The van der Waals surface area contributed by atoms with Crippen LogP contribution in [-0.2, 0) is 11.2 Å². The molecule has 6 heteroatoms. The maximum absolute atomic E-state index is 5.65. The van der Waals surface area contributed by atoms with E-state index in [0.29, 0.717) is 18.1 Å². The molecule has 2 heterocycles. The van der Waals surface area contributed by atoms with Gasteiger partial charge in [0.1, 0.15) is 6.10 Å². The molecule has 1 fully saturated rings. The van der Waals surface area contributed by atoms with Crippen molar-refractivity contribution in [1.82, 2.24) is 10.1 Å². The van der Waals surface area contributed by atoms with Crippen LogP contribution in [0, 0.1) is 6.92 Å². The molecule has 1 aliphatic rings. The summed E-state index contributed by atoms with van der Waals surface area (Å²) in [5.41, 5.74) is 2.38. The third-order valence-electron chi connectivity index (χ3n) is 3.39. The van der Waals surface area contributed by atoms with E-state index in [9.17, 15) is 0 Å². The monoisotopic (exact) mass is 305 g/mol. The number of para-hydroxylation sites is 1. The highest BCUT2D eigenvalue weighted by molar-refractivity contribution is 7.99. The quantitative estimate of drug-likeness (QED) is 0.916. The Balaban J connectivity index is 1.52. The van der Waals surface area contributed by atoms with Gasteiger partial charge in [0.05, 0.1) is 6.61 Å². The molecule has 21 heavy (non-hydrogen) atoms. The first-order valence-electron chi connectivity index (χ1n) is 7.14. The summed E-state index contributed by atoms with van der Waals surface area (Å²) in [6.45, 7) is 3.62. The number of nitrogens with one attached hydrogen (secondary N) is 1. The van der Waals surface area contributed by atoms with Gasteiger partial charge in [-0.15, -0.1) is 0 Å². The summed E-state index contributed by atoms with van der Waals surface area (Å²) in [4.78, 5) is 4.43. The van der Waals surface area contributed by atoms with Crippen LogP contribution in [0.4, 0.5) is 5.69 Å². The maximum Gasteiger partial charge on any atom is 0.228 e. The predicted octanol–water partition coefficient (Wildman–Crippen LogP) is 2.84. The summed E-state index contributed by atoms with van der Waals surface area (Å²) in [7, 11) is 0. The molecular formula is C15H19N3O2S. The topological polar surface area (TPSA) is 60.2 Å². The fraction of sp³-hybridized carbons (Fsp3) is 0.467. The second-order valence-corrected chi connectivity index (χ2v) is 6.12. The number of aromatic nitrogens is 2. The van der Waals surface area contributed by atoms with E-state index in [1.807, 2.05) is 23.9 Å². The molecule has 2 aromatic rings. The lowest BCUT2D eigenvalue weighted by molar-refractivity contribution is 0.0677. The van der Waals surface area contributed by atoms with Gasteiger partial charge in [-0.25, -0.2) is 0 Å². The Kier molecular flexibility index (Phi) is 4.77. The van der Waals surface area contributed by atoms with Crippen LogP contribution in [0.3, 0.4) is 0 Å². The zero-order chi connectivity index (χ0) is 14.5. The lowest BCUT2D eigenvalue weighted by Gasteiger charge is -2.18. The SMILES string of the molecule is Cc1ccccc1NCCc1nc(C2CSCCO2)no1. The summed E-state index contributed by atoms with van der Waals surface area (Å²) >= 11 is 1.86. The van der Waals surface area contributed by atoms with Gasteiger partial charge in [-0.2, -0.15) is 16.7 Å². The third-order valence-corrected chi connectivity index (χ3v) is 4.38. The minimum absolute atomic E-state index is 0.0226. The number of ether oxygens (including phenoxy) is 1. The second kappa shape index (κ2) is 6.95. The molecule has 0 bridgehead atoms. The Labute approximate surface area is 128 Å². The standard InChI is InChI=1S/C15H19N3O2S/c1-11-4-2-3-5-12(11)16-7-6-14-17-15(18-20-14)13-10-21-9-8-19-13/h2-5,13,16H,6-10H2,1H3. The number of benzene rings is 1. The number of aryl methyl sites for hydroxylation is 1. The molecule has 1 aromatic carbocycles. The molecular weight excluding hydrogens is 286 g/mol. The van der Waals surface area contributed by atoms with Crippen molar-refractivity contribution in [3.8, 4) is 0 Å². The first-order valence-corrected chi connectivity index (χ1v) is 8.30. The molecule has 112 valence electrons. The number of thioether (sulfide) groups is 1. The number of nitrogens with zero attached hydrogens (tertiary/aromatic N) is 2. The average Bonchev–Trinajstić information content (AvgIpc) is 2.99.